The molecule has 0 spiro atoms. The van der Waals surface area contributed by atoms with Crippen molar-refractivity contribution in [2.24, 2.45) is 4.99 Å². The molecule has 1 aliphatic heterocycles. The van der Waals surface area contributed by atoms with Gasteiger partial charge >= 0.3 is 0 Å². The minimum Gasteiger partial charge on any atom is -0.326 e. The summed E-state index contributed by atoms with van der Waals surface area (Å²) in [4.78, 5) is 31.8. The molecule has 0 bridgehead atoms. The first-order valence-electron chi connectivity index (χ1n) is 13.2. The van der Waals surface area contributed by atoms with Crippen LogP contribution in [0.1, 0.15) is 46.5 Å². The lowest BCUT2D eigenvalue weighted by atomic mass is 9.96. The smallest absolute Gasteiger partial charge is 0.249 e. The van der Waals surface area contributed by atoms with Crippen molar-refractivity contribution in [3.63, 3.8) is 0 Å². The molecule has 4 aromatic rings. The highest BCUT2D eigenvalue weighted by molar-refractivity contribution is 7.10. The lowest BCUT2D eigenvalue weighted by Gasteiger charge is -2.14. The second kappa shape index (κ2) is 12.0. The minimum atomic E-state index is -0.603. The zero-order chi connectivity index (χ0) is 27.4. The Balaban J connectivity index is 1.45. The van der Waals surface area contributed by atoms with E-state index < -0.39 is 6.04 Å². The number of anilines is 2. The SMILES string of the molecule is CCc1ccc(CC2N=C(c3ccc(NC(=O)Cc4cccs4)cc3)c3ccc(Cl)cc3NC2=O)cc1CC. The van der Waals surface area contributed by atoms with E-state index in [1.54, 1.807) is 23.5 Å². The van der Waals surface area contributed by atoms with Gasteiger partial charge in [0.05, 0.1) is 17.8 Å². The lowest BCUT2D eigenvalue weighted by Crippen LogP contribution is -2.27. The highest BCUT2D eigenvalue weighted by Crippen LogP contribution is 2.29. The molecular formula is C32H30ClN3O2S. The molecule has 0 saturated heterocycles. The number of halogens is 1. The summed E-state index contributed by atoms with van der Waals surface area (Å²) in [5.74, 6) is -0.226. The number of nitrogens with one attached hydrogen (secondary N) is 2. The quantitative estimate of drug-likeness (QED) is 0.243. The van der Waals surface area contributed by atoms with E-state index in [0.29, 0.717) is 35.0 Å². The zero-order valence-electron chi connectivity index (χ0n) is 22.0. The van der Waals surface area contributed by atoms with Gasteiger partial charge in [-0.3, -0.25) is 14.6 Å². The largest absolute Gasteiger partial charge is 0.326 e. The first-order valence-corrected chi connectivity index (χ1v) is 14.4. The fraction of sp³-hybridized carbons (Fsp3) is 0.219. The molecule has 5 nitrogen and oxygen atoms in total. The molecule has 0 aliphatic carbocycles. The van der Waals surface area contributed by atoms with Gasteiger partial charge in [-0.05, 0) is 71.3 Å². The summed E-state index contributed by atoms with van der Waals surface area (Å²) in [5.41, 5.74) is 7.44. The molecule has 3 aromatic carbocycles. The molecule has 1 aromatic heterocycles. The lowest BCUT2D eigenvalue weighted by molar-refractivity contribution is -0.117. The second-order valence-corrected chi connectivity index (χ2v) is 11.0. The molecule has 2 heterocycles. The van der Waals surface area contributed by atoms with Gasteiger partial charge in [0.2, 0.25) is 11.8 Å². The van der Waals surface area contributed by atoms with Gasteiger partial charge in [-0.25, -0.2) is 0 Å². The van der Waals surface area contributed by atoms with Crippen LogP contribution in [0.4, 0.5) is 11.4 Å². The molecule has 7 heteroatoms. The Labute approximate surface area is 238 Å². The highest BCUT2D eigenvalue weighted by Gasteiger charge is 2.26. The van der Waals surface area contributed by atoms with E-state index in [1.807, 2.05) is 47.8 Å². The van der Waals surface area contributed by atoms with Crippen LogP contribution in [0, 0.1) is 0 Å². The second-order valence-electron chi connectivity index (χ2n) is 9.57. The molecule has 1 atom stereocenters. The fourth-order valence-corrected chi connectivity index (χ4v) is 5.76. The van der Waals surface area contributed by atoms with Gasteiger partial charge in [0.1, 0.15) is 6.04 Å². The molecule has 2 amide bonds. The van der Waals surface area contributed by atoms with E-state index in [1.165, 1.54) is 11.1 Å². The van der Waals surface area contributed by atoms with E-state index in [4.69, 9.17) is 16.6 Å². The van der Waals surface area contributed by atoms with Crippen LogP contribution in [0.2, 0.25) is 5.02 Å². The van der Waals surface area contributed by atoms with Crippen molar-refractivity contribution in [1.29, 1.82) is 0 Å². The molecule has 198 valence electrons. The number of benzodiazepines with no additional fused rings is 1. The molecule has 1 aliphatic rings. The van der Waals surface area contributed by atoms with E-state index in [9.17, 15) is 9.59 Å². The maximum absolute atomic E-state index is 13.3. The van der Waals surface area contributed by atoms with Crippen molar-refractivity contribution in [3.8, 4) is 0 Å². The molecular weight excluding hydrogens is 526 g/mol. The van der Waals surface area contributed by atoms with Gasteiger partial charge in [-0.2, -0.15) is 0 Å². The number of benzene rings is 3. The van der Waals surface area contributed by atoms with Gasteiger partial charge in [0.25, 0.3) is 0 Å². The van der Waals surface area contributed by atoms with Crippen LogP contribution in [-0.2, 0) is 35.3 Å². The minimum absolute atomic E-state index is 0.0626. The maximum atomic E-state index is 13.3. The van der Waals surface area contributed by atoms with Gasteiger partial charge in [-0.15, -0.1) is 11.3 Å². The first-order chi connectivity index (χ1) is 18.9. The summed E-state index contributed by atoms with van der Waals surface area (Å²) < 4.78 is 0. The molecule has 5 rings (SSSR count). The van der Waals surface area contributed by atoms with Crippen molar-refractivity contribution < 1.29 is 9.59 Å². The number of amides is 2. The third kappa shape index (κ3) is 6.29. The zero-order valence-corrected chi connectivity index (χ0v) is 23.5. The fourth-order valence-electron chi connectivity index (χ4n) is 4.89. The molecule has 0 saturated carbocycles. The third-order valence-corrected chi connectivity index (χ3v) is 8.01. The van der Waals surface area contributed by atoms with E-state index in [0.717, 1.165) is 34.4 Å². The number of fused-ring (bicyclic) bond motifs is 1. The van der Waals surface area contributed by atoms with Gasteiger partial charge in [0.15, 0.2) is 0 Å². The van der Waals surface area contributed by atoms with Crippen LogP contribution in [0.5, 0.6) is 0 Å². The Morgan fingerprint density at radius 3 is 2.51 bits per heavy atom. The van der Waals surface area contributed by atoms with Crippen molar-refractivity contribution in [2.75, 3.05) is 10.6 Å². The highest BCUT2D eigenvalue weighted by atomic mass is 35.5. The van der Waals surface area contributed by atoms with Crippen LogP contribution in [0.3, 0.4) is 0 Å². The van der Waals surface area contributed by atoms with Gasteiger partial charge < -0.3 is 10.6 Å². The first kappa shape index (κ1) is 26.9. The monoisotopic (exact) mass is 555 g/mol. The summed E-state index contributed by atoms with van der Waals surface area (Å²) in [6, 6.07) is 22.8. The molecule has 0 radical (unpaired) electrons. The average molecular weight is 556 g/mol. The average Bonchev–Trinajstić information content (AvgIpc) is 3.40. The Hall–Kier alpha value is -3.74. The van der Waals surface area contributed by atoms with E-state index in [2.05, 4.69) is 42.7 Å². The van der Waals surface area contributed by atoms with Crippen LogP contribution in [-0.4, -0.2) is 23.6 Å². The van der Waals surface area contributed by atoms with Gasteiger partial charge in [-0.1, -0.05) is 61.8 Å². The summed E-state index contributed by atoms with van der Waals surface area (Å²) in [6.45, 7) is 4.31. The summed E-state index contributed by atoms with van der Waals surface area (Å²) in [5, 5.41) is 8.51. The predicted molar refractivity (Wildman–Crippen MR) is 162 cm³/mol. The Kier molecular flexibility index (Phi) is 8.24. The van der Waals surface area contributed by atoms with Crippen LogP contribution < -0.4 is 10.6 Å². The Bertz CT molecular complexity index is 1530. The standard InChI is InChI=1S/C32H30ClN3O2S/c1-3-21-8-7-20(16-22(21)4-2)17-29-32(38)36-28-18-24(33)11-14-27(28)31(35-29)23-9-12-25(13-10-23)34-30(37)19-26-6-5-15-39-26/h5-16,18,29H,3-4,17,19H2,1-2H3,(H,34,37)(H,36,38). The topological polar surface area (TPSA) is 70.6 Å². The predicted octanol–water partition coefficient (Wildman–Crippen LogP) is 7.11. The normalized spacial score (nSPS) is 14.7. The number of carbonyl (C=O) groups is 2. The number of aliphatic imine (C=N–C) groups is 1. The molecule has 2 N–H and O–H groups in total. The van der Waals surface area contributed by atoms with Crippen molar-refractivity contribution in [1.82, 2.24) is 0 Å². The summed E-state index contributed by atoms with van der Waals surface area (Å²) in [6.07, 6.45) is 2.76. The van der Waals surface area contributed by atoms with Crippen molar-refractivity contribution in [2.45, 2.75) is 45.6 Å². The van der Waals surface area contributed by atoms with Crippen molar-refractivity contribution >= 4 is 51.8 Å². The number of carbonyl (C=O) groups excluding carboxylic acids is 2. The van der Waals surface area contributed by atoms with Crippen LogP contribution in [0.25, 0.3) is 0 Å². The van der Waals surface area contributed by atoms with Crippen molar-refractivity contribution in [3.05, 3.63) is 116 Å². The van der Waals surface area contributed by atoms with E-state index >= 15 is 0 Å². The van der Waals surface area contributed by atoms with Gasteiger partial charge in [0, 0.05) is 33.1 Å². The van der Waals surface area contributed by atoms with E-state index in [-0.39, 0.29) is 11.8 Å². The third-order valence-electron chi connectivity index (χ3n) is 6.90. The summed E-state index contributed by atoms with van der Waals surface area (Å²) in [7, 11) is 0. The number of rotatable bonds is 8. The maximum Gasteiger partial charge on any atom is 0.249 e. The number of nitrogens with zero attached hydrogens (tertiary/aromatic N) is 1. The number of thiophene rings is 1. The molecule has 1 unspecified atom stereocenters. The summed E-state index contributed by atoms with van der Waals surface area (Å²) >= 11 is 7.85. The molecule has 39 heavy (non-hydrogen) atoms. The van der Waals surface area contributed by atoms with Crippen LogP contribution >= 0.6 is 22.9 Å². The Morgan fingerprint density at radius 1 is 1.00 bits per heavy atom. The number of hydrogen-bond donors (Lipinski definition) is 2. The number of hydrogen-bond acceptors (Lipinski definition) is 4. The number of aryl methyl sites for hydroxylation is 2. The van der Waals surface area contributed by atoms with Crippen LogP contribution in [0.15, 0.2) is 83.2 Å². The molecule has 0 fully saturated rings. The Morgan fingerprint density at radius 2 is 1.79 bits per heavy atom.